The first kappa shape index (κ1) is 18.0. The second-order valence-corrected chi connectivity index (χ2v) is 5.63. The summed E-state index contributed by atoms with van der Waals surface area (Å²) in [6.45, 7) is 7.17. The number of nitrogens with zero attached hydrogens (tertiary/aromatic N) is 3. The Kier molecular flexibility index (Phi) is 7.26. The molecular formula is C18H26FN5. The number of halogens is 1. The number of hydrogen-bond acceptors (Lipinski definition) is 2. The first-order chi connectivity index (χ1) is 11.7. The fraction of sp³-hybridized carbons (Fsp3) is 0.444. The van der Waals surface area contributed by atoms with E-state index in [1.54, 1.807) is 12.3 Å². The van der Waals surface area contributed by atoms with E-state index >= 15 is 0 Å². The summed E-state index contributed by atoms with van der Waals surface area (Å²) in [5, 5.41) is 10.7. The summed E-state index contributed by atoms with van der Waals surface area (Å²) in [7, 11) is 0. The van der Waals surface area contributed by atoms with Crippen molar-refractivity contribution in [3.05, 3.63) is 53.6 Å². The van der Waals surface area contributed by atoms with Gasteiger partial charge in [-0.2, -0.15) is 5.10 Å². The number of benzene rings is 1. The summed E-state index contributed by atoms with van der Waals surface area (Å²) in [6.07, 6.45) is 5.52. The monoisotopic (exact) mass is 331 g/mol. The van der Waals surface area contributed by atoms with E-state index in [2.05, 4.69) is 20.7 Å². The van der Waals surface area contributed by atoms with Gasteiger partial charge in [-0.1, -0.05) is 6.07 Å². The van der Waals surface area contributed by atoms with E-state index in [9.17, 15) is 4.39 Å². The van der Waals surface area contributed by atoms with Gasteiger partial charge in [0.15, 0.2) is 5.96 Å². The van der Waals surface area contributed by atoms with Gasteiger partial charge in [-0.25, -0.2) is 4.39 Å². The van der Waals surface area contributed by atoms with Gasteiger partial charge >= 0.3 is 0 Å². The lowest BCUT2D eigenvalue weighted by Crippen LogP contribution is -2.38. The van der Waals surface area contributed by atoms with E-state index in [0.29, 0.717) is 0 Å². The topological polar surface area (TPSA) is 54.2 Å². The van der Waals surface area contributed by atoms with Crippen molar-refractivity contribution in [2.75, 3.05) is 19.6 Å². The summed E-state index contributed by atoms with van der Waals surface area (Å²) in [5.74, 6) is 0.633. The van der Waals surface area contributed by atoms with Crippen molar-refractivity contribution < 1.29 is 4.39 Å². The molecule has 0 aliphatic carbocycles. The molecule has 130 valence electrons. The van der Waals surface area contributed by atoms with E-state index in [1.165, 1.54) is 6.07 Å². The van der Waals surface area contributed by atoms with Gasteiger partial charge in [0, 0.05) is 38.6 Å². The lowest BCUT2D eigenvalue weighted by Gasteiger charge is -2.12. The molecule has 24 heavy (non-hydrogen) atoms. The lowest BCUT2D eigenvalue weighted by molar-refractivity contribution is 0.584. The van der Waals surface area contributed by atoms with Gasteiger partial charge in [0.2, 0.25) is 0 Å². The number of aryl methyl sites for hydroxylation is 2. The van der Waals surface area contributed by atoms with Gasteiger partial charge in [0.1, 0.15) is 5.82 Å². The van der Waals surface area contributed by atoms with Crippen LogP contribution in [0, 0.1) is 12.7 Å². The molecular weight excluding hydrogens is 305 g/mol. The highest BCUT2D eigenvalue weighted by atomic mass is 19.1. The van der Waals surface area contributed by atoms with Crippen LogP contribution in [0.5, 0.6) is 0 Å². The maximum atomic E-state index is 13.1. The first-order valence-corrected chi connectivity index (χ1v) is 8.43. The average molecular weight is 331 g/mol. The second-order valence-electron chi connectivity index (χ2n) is 5.63. The maximum Gasteiger partial charge on any atom is 0.191 e. The largest absolute Gasteiger partial charge is 0.357 e. The Labute approximate surface area is 143 Å². The molecule has 0 aliphatic heterocycles. The van der Waals surface area contributed by atoms with Gasteiger partial charge in [-0.3, -0.25) is 9.67 Å². The minimum atomic E-state index is -0.184. The Hall–Kier alpha value is -2.37. The number of guanidine groups is 1. The van der Waals surface area contributed by atoms with Gasteiger partial charge in [-0.15, -0.1) is 0 Å². The van der Waals surface area contributed by atoms with E-state index in [-0.39, 0.29) is 5.82 Å². The summed E-state index contributed by atoms with van der Waals surface area (Å²) in [4.78, 5) is 4.57. The third kappa shape index (κ3) is 6.02. The van der Waals surface area contributed by atoms with Crippen LogP contribution < -0.4 is 10.6 Å². The van der Waals surface area contributed by atoms with Crippen molar-refractivity contribution in [1.29, 1.82) is 0 Å². The average Bonchev–Trinajstić information content (AvgIpc) is 3.07. The number of nitrogens with one attached hydrogen (secondary N) is 2. The molecule has 1 heterocycles. The zero-order chi connectivity index (χ0) is 17.2. The Morgan fingerprint density at radius 3 is 2.92 bits per heavy atom. The highest BCUT2D eigenvalue weighted by Crippen LogP contribution is 2.10. The Bertz CT molecular complexity index is 637. The van der Waals surface area contributed by atoms with Crippen molar-refractivity contribution in [2.45, 2.75) is 33.2 Å². The molecule has 2 aromatic rings. The molecule has 0 aliphatic rings. The molecule has 0 saturated carbocycles. The number of rotatable bonds is 8. The van der Waals surface area contributed by atoms with Crippen molar-refractivity contribution in [2.24, 2.45) is 4.99 Å². The molecule has 2 N–H and O–H groups in total. The summed E-state index contributed by atoms with van der Waals surface area (Å²) < 4.78 is 15.0. The van der Waals surface area contributed by atoms with Crippen molar-refractivity contribution in [3.63, 3.8) is 0 Å². The van der Waals surface area contributed by atoms with Crippen LogP contribution in [0.15, 0.2) is 41.7 Å². The second kappa shape index (κ2) is 9.70. The molecule has 0 bridgehead atoms. The maximum absolute atomic E-state index is 13.1. The zero-order valence-electron chi connectivity index (χ0n) is 14.4. The molecule has 0 atom stereocenters. The van der Waals surface area contributed by atoms with Crippen LogP contribution in [0.2, 0.25) is 0 Å². The molecule has 5 nitrogen and oxygen atoms in total. The van der Waals surface area contributed by atoms with Crippen molar-refractivity contribution in [3.8, 4) is 0 Å². The SMILES string of the molecule is CCNC(=NCCCn1cccn1)NCCc1ccc(F)cc1C. The van der Waals surface area contributed by atoms with Crippen LogP contribution in [-0.2, 0) is 13.0 Å². The van der Waals surface area contributed by atoms with Crippen LogP contribution in [-0.4, -0.2) is 35.4 Å². The van der Waals surface area contributed by atoms with E-state index in [4.69, 9.17) is 0 Å². The fourth-order valence-corrected chi connectivity index (χ4v) is 2.45. The van der Waals surface area contributed by atoms with Gasteiger partial charge in [-0.05, 0) is 56.0 Å². The van der Waals surface area contributed by atoms with Crippen LogP contribution in [0.25, 0.3) is 0 Å². The Morgan fingerprint density at radius 1 is 1.33 bits per heavy atom. The van der Waals surface area contributed by atoms with Crippen molar-refractivity contribution in [1.82, 2.24) is 20.4 Å². The van der Waals surface area contributed by atoms with Crippen molar-refractivity contribution >= 4 is 5.96 Å². The predicted octanol–water partition coefficient (Wildman–Crippen LogP) is 2.52. The normalized spacial score (nSPS) is 11.5. The zero-order valence-corrected chi connectivity index (χ0v) is 14.4. The Balaban J connectivity index is 1.76. The smallest absolute Gasteiger partial charge is 0.191 e. The molecule has 1 aromatic heterocycles. The number of aromatic nitrogens is 2. The third-order valence-electron chi connectivity index (χ3n) is 3.71. The highest BCUT2D eigenvalue weighted by molar-refractivity contribution is 5.79. The molecule has 0 saturated heterocycles. The van der Waals surface area contributed by atoms with Gasteiger partial charge < -0.3 is 10.6 Å². The van der Waals surface area contributed by atoms with Crippen LogP contribution in [0.3, 0.4) is 0 Å². The number of hydrogen-bond donors (Lipinski definition) is 2. The standard InChI is InChI=1S/C18H26FN5/c1-3-20-18(21-9-4-12-24-13-5-10-23-24)22-11-8-16-6-7-17(19)14-15(16)2/h5-7,10,13-14H,3-4,8-9,11-12H2,1-2H3,(H2,20,21,22). The fourth-order valence-electron chi connectivity index (χ4n) is 2.45. The quantitative estimate of drug-likeness (QED) is 0.444. The van der Waals surface area contributed by atoms with E-state index in [0.717, 1.165) is 56.1 Å². The molecule has 2 rings (SSSR count). The molecule has 0 unspecified atom stereocenters. The van der Waals surface area contributed by atoms with Crippen LogP contribution in [0.1, 0.15) is 24.5 Å². The minimum absolute atomic E-state index is 0.184. The first-order valence-electron chi connectivity index (χ1n) is 8.43. The number of aliphatic imine (C=N–C) groups is 1. The lowest BCUT2D eigenvalue weighted by atomic mass is 10.1. The van der Waals surface area contributed by atoms with Gasteiger partial charge in [0.25, 0.3) is 0 Å². The summed E-state index contributed by atoms with van der Waals surface area (Å²) in [5.41, 5.74) is 2.14. The molecule has 6 heteroatoms. The molecule has 1 aromatic carbocycles. The molecule has 0 amide bonds. The summed E-state index contributed by atoms with van der Waals surface area (Å²) >= 11 is 0. The predicted molar refractivity (Wildman–Crippen MR) is 95.7 cm³/mol. The third-order valence-corrected chi connectivity index (χ3v) is 3.71. The van der Waals surface area contributed by atoms with Crippen LogP contribution in [0.4, 0.5) is 4.39 Å². The summed E-state index contributed by atoms with van der Waals surface area (Å²) in [6, 6.07) is 6.85. The van der Waals surface area contributed by atoms with Gasteiger partial charge in [0.05, 0.1) is 0 Å². The minimum Gasteiger partial charge on any atom is -0.357 e. The molecule has 0 spiro atoms. The van der Waals surface area contributed by atoms with Crippen LogP contribution >= 0.6 is 0 Å². The van der Waals surface area contributed by atoms with E-state index in [1.807, 2.05) is 36.9 Å². The Morgan fingerprint density at radius 2 is 2.21 bits per heavy atom. The molecule has 0 fully saturated rings. The molecule has 0 radical (unpaired) electrons. The highest BCUT2D eigenvalue weighted by Gasteiger charge is 2.02. The van der Waals surface area contributed by atoms with E-state index < -0.39 is 0 Å².